The fraction of sp³-hybridized carbons (Fsp3) is 0.533. The SMILES string of the molecule is CN(c1cccc(NC(=S)NCCSC(C)(C)C)c1)S(C)(=O)=O. The Kier molecular flexibility index (Phi) is 7.16. The summed E-state index contributed by atoms with van der Waals surface area (Å²) in [5.41, 5.74) is 1.34. The van der Waals surface area contributed by atoms with E-state index in [9.17, 15) is 8.42 Å². The number of thiocarbonyl (C=S) groups is 1. The van der Waals surface area contributed by atoms with Crippen LogP contribution in [0.25, 0.3) is 0 Å². The molecule has 0 fully saturated rings. The van der Waals surface area contributed by atoms with Gasteiger partial charge in [-0.15, -0.1) is 0 Å². The number of nitrogens with one attached hydrogen (secondary N) is 2. The molecule has 130 valence electrons. The summed E-state index contributed by atoms with van der Waals surface area (Å²) in [5.74, 6) is 0.960. The van der Waals surface area contributed by atoms with Crippen LogP contribution >= 0.6 is 24.0 Å². The molecule has 0 aromatic heterocycles. The number of anilines is 2. The van der Waals surface area contributed by atoms with Crippen LogP contribution in [0.3, 0.4) is 0 Å². The van der Waals surface area contributed by atoms with Gasteiger partial charge in [0.1, 0.15) is 0 Å². The van der Waals surface area contributed by atoms with Crippen LogP contribution in [0.5, 0.6) is 0 Å². The summed E-state index contributed by atoms with van der Waals surface area (Å²) in [5, 5.41) is 6.75. The van der Waals surface area contributed by atoms with Gasteiger partial charge in [-0.1, -0.05) is 26.8 Å². The second-order valence-electron chi connectivity index (χ2n) is 6.12. The molecule has 1 rings (SSSR count). The topological polar surface area (TPSA) is 61.4 Å². The Labute approximate surface area is 149 Å². The minimum atomic E-state index is -3.28. The summed E-state index contributed by atoms with van der Waals surface area (Å²) in [7, 11) is -1.76. The minimum Gasteiger partial charge on any atom is -0.362 e. The first-order valence-electron chi connectivity index (χ1n) is 7.22. The van der Waals surface area contributed by atoms with E-state index >= 15 is 0 Å². The van der Waals surface area contributed by atoms with Crippen molar-refractivity contribution in [2.45, 2.75) is 25.5 Å². The normalized spacial score (nSPS) is 11.9. The molecule has 0 atom stereocenters. The third-order valence-electron chi connectivity index (χ3n) is 2.89. The molecule has 0 bridgehead atoms. The molecule has 0 heterocycles. The Morgan fingerprint density at radius 3 is 2.57 bits per heavy atom. The van der Waals surface area contributed by atoms with E-state index in [2.05, 4.69) is 31.4 Å². The number of sulfonamides is 1. The molecule has 8 heteroatoms. The maximum absolute atomic E-state index is 11.6. The molecule has 0 aliphatic rings. The second-order valence-corrected chi connectivity index (χ2v) is 10.5. The van der Waals surface area contributed by atoms with Gasteiger partial charge in [-0.25, -0.2) is 8.42 Å². The lowest BCUT2D eigenvalue weighted by Crippen LogP contribution is -2.31. The molecule has 0 unspecified atom stereocenters. The van der Waals surface area contributed by atoms with Crippen molar-refractivity contribution in [3.8, 4) is 0 Å². The smallest absolute Gasteiger partial charge is 0.231 e. The summed E-state index contributed by atoms with van der Waals surface area (Å²) in [6.07, 6.45) is 1.17. The summed E-state index contributed by atoms with van der Waals surface area (Å²) in [6, 6.07) is 7.12. The van der Waals surface area contributed by atoms with Gasteiger partial charge >= 0.3 is 0 Å². The predicted molar refractivity (Wildman–Crippen MR) is 106 cm³/mol. The van der Waals surface area contributed by atoms with Crippen molar-refractivity contribution in [2.75, 3.05) is 35.2 Å². The molecule has 0 spiro atoms. The maximum atomic E-state index is 11.6. The summed E-state index contributed by atoms with van der Waals surface area (Å²) < 4.78 is 24.6. The van der Waals surface area contributed by atoms with Crippen LogP contribution in [0, 0.1) is 0 Å². The molecule has 1 aromatic carbocycles. The standard InChI is InChI=1S/C15H25N3O2S3/c1-15(2,3)22-10-9-16-14(21)17-12-7-6-8-13(11-12)18(4)23(5,19)20/h6-8,11H,9-10H2,1-5H3,(H2,16,17,21). The largest absolute Gasteiger partial charge is 0.362 e. The Morgan fingerprint density at radius 1 is 1.35 bits per heavy atom. The first-order chi connectivity index (χ1) is 10.5. The molecule has 0 saturated carbocycles. The molecule has 1 aromatic rings. The zero-order valence-electron chi connectivity index (χ0n) is 14.2. The molecular weight excluding hydrogens is 350 g/mol. The van der Waals surface area contributed by atoms with Crippen molar-refractivity contribution in [3.63, 3.8) is 0 Å². The van der Waals surface area contributed by atoms with Crippen LogP contribution in [-0.2, 0) is 10.0 Å². The van der Waals surface area contributed by atoms with Crippen molar-refractivity contribution in [1.82, 2.24) is 5.32 Å². The maximum Gasteiger partial charge on any atom is 0.231 e. The number of benzene rings is 1. The van der Waals surface area contributed by atoms with Crippen molar-refractivity contribution in [1.29, 1.82) is 0 Å². The van der Waals surface area contributed by atoms with Gasteiger partial charge in [0.2, 0.25) is 10.0 Å². The van der Waals surface area contributed by atoms with Crippen LogP contribution in [-0.4, -0.2) is 43.9 Å². The molecule has 0 amide bonds. The van der Waals surface area contributed by atoms with Gasteiger partial charge in [0.05, 0.1) is 11.9 Å². The molecule has 0 aliphatic heterocycles. The van der Waals surface area contributed by atoms with E-state index < -0.39 is 10.0 Å². The zero-order chi connectivity index (χ0) is 17.7. The second kappa shape index (κ2) is 8.21. The lowest BCUT2D eigenvalue weighted by atomic mass is 10.3. The van der Waals surface area contributed by atoms with E-state index in [0.717, 1.165) is 18.0 Å². The average Bonchev–Trinajstić information content (AvgIpc) is 2.41. The Bertz CT molecular complexity index is 640. The first kappa shape index (κ1) is 20.1. The summed E-state index contributed by atoms with van der Waals surface area (Å²) in [4.78, 5) is 0. The van der Waals surface area contributed by atoms with E-state index in [-0.39, 0.29) is 4.75 Å². The molecule has 2 N–H and O–H groups in total. The first-order valence-corrected chi connectivity index (χ1v) is 10.5. The van der Waals surface area contributed by atoms with Crippen molar-refractivity contribution < 1.29 is 8.42 Å². The number of hydrogen-bond acceptors (Lipinski definition) is 4. The summed E-state index contributed by atoms with van der Waals surface area (Å²) >= 11 is 7.13. The van der Waals surface area contributed by atoms with E-state index in [1.165, 1.54) is 17.6 Å². The third kappa shape index (κ3) is 7.90. The average molecular weight is 376 g/mol. The molecular formula is C15H25N3O2S3. The van der Waals surface area contributed by atoms with Gasteiger partial charge in [0, 0.05) is 29.8 Å². The lowest BCUT2D eigenvalue weighted by molar-refractivity contribution is 0.600. The third-order valence-corrected chi connectivity index (χ3v) is 5.61. The van der Waals surface area contributed by atoms with Gasteiger partial charge in [-0.05, 0) is 30.4 Å². The van der Waals surface area contributed by atoms with Crippen molar-refractivity contribution in [3.05, 3.63) is 24.3 Å². The van der Waals surface area contributed by atoms with E-state index in [1.54, 1.807) is 18.2 Å². The zero-order valence-corrected chi connectivity index (χ0v) is 16.7. The van der Waals surface area contributed by atoms with Crippen LogP contribution in [0.15, 0.2) is 24.3 Å². The number of nitrogens with zero attached hydrogens (tertiary/aromatic N) is 1. The Hall–Kier alpha value is -0.990. The van der Waals surface area contributed by atoms with Gasteiger partial charge in [-0.2, -0.15) is 11.8 Å². The number of rotatable bonds is 6. The highest BCUT2D eigenvalue weighted by Crippen LogP contribution is 2.22. The highest BCUT2D eigenvalue weighted by molar-refractivity contribution is 8.00. The molecule has 23 heavy (non-hydrogen) atoms. The number of hydrogen-bond donors (Lipinski definition) is 2. The number of thioether (sulfide) groups is 1. The summed E-state index contributed by atoms with van der Waals surface area (Å²) in [6.45, 7) is 7.31. The van der Waals surface area contributed by atoms with Gasteiger partial charge in [0.25, 0.3) is 0 Å². The molecule has 0 aliphatic carbocycles. The monoisotopic (exact) mass is 375 g/mol. The quantitative estimate of drug-likeness (QED) is 0.589. The van der Waals surface area contributed by atoms with E-state index in [4.69, 9.17) is 12.2 Å². The van der Waals surface area contributed by atoms with E-state index in [1.807, 2.05) is 17.8 Å². The highest BCUT2D eigenvalue weighted by Gasteiger charge is 2.12. The Balaban J connectivity index is 2.56. The lowest BCUT2D eigenvalue weighted by Gasteiger charge is -2.19. The fourth-order valence-electron chi connectivity index (χ4n) is 1.67. The molecule has 0 saturated heterocycles. The Morgan fingerprint density at radius 2 is 2.00 bits per heavy atom. The fourth-order valence-corrected chi connectivity index (χ4v) is 3.20. The predicted octanol–water partition coefficient (Wildman–Crippen LogP) is 2.90. The van der Waals surface area contributed by atoms with Crippen molar-refractivity contribution in [2.24, 2.45) is 0 Å². The van der Waals surface area contributed by atoms with Crippen LogP contribution in [0.1, 0.15) is 20.8 Å². The van der Waals surface area contributed by atoms with Gasteiger partial charge < -0.3 is 10.6 Å². The molecule has 5 nitrogen and oxygen atoms in total. The molecule has 0 radical (unpaired) electrons. The van der Waals surface area contributed by atoms with Crippen molar-refractivity contribution >= 4 is 50.5 Å². The minimum absolute atomic E-state index is 0.237. The van der Waals surface area contributed by atoms with E-state index in [0.29, 0.717) is 10.8 Å². The highest BCUT2D eigenvalue weighted by atomic mass is 32.2. The van der Waals surface area contributed by atoms with Gasteiger partial charge in [-0.3, -0.25) is 4.31 Å². The van der Waals surface area contributed by atoms with Crippen LogP contribution < -0.4 is 14.9 Å². The van der Waals surface area contributed by atoms with Crippen LogP contribution in [0.2, 0.25) is 0 Å². The van der Waals surface area contributed by atoms with Gasteiger partial charge in [0.15, 0.2) is 5.11 Å². The van der Waals surface area contributed by atoms with Crippen LogP contribution in [0.4, 0.5) is 11.4 Å².